The van der Waals surface area contributed by atoms with Gasteiger partial charge in [-0.05, 0) is 30.4 Å². The average Bonchev–Trinajstić information content (AvgIpc) is 3.25. The van der Waals surface area contributed by atoms with Gasteiger partial charge in [0.1, 0.15) is 5.82 Å². The lowest BCUT2D eigenvalue weighted by molar-refractivity contribution is 0.626. The molecule has 1 aliphatic rings. The van der Waals surface area contributed by atoms with Crippen LogP contribution in [0.25, 0.3) is 0 Å². The van der Waals surface area contributed by atoms with Crippen molar-refractivity contribution in [1.29, 1.82) is 0 Å². The Hall–Kier alpha value is -1.33. The van der Waals surface area contributed by atoms with Crippen LogP contribution in [0, 0.1) is 0 Å². The van der Waals surface area contributed by atoms with Crippen LogP contribution in [0.3, 0.4) is 0 Å². The molecule has 1 aromatic carbocycles. The van der Waals surface area contributed by atoms with E-state index in [1.54, 1.807) is 11.8 Å². The van der Waals surface area contributed by atoms with Crippen LogP contribution in [-0.2, 0) is 18.7 Å². The van der Waals surface area contributed by atoms with Crippen molar-refractivity contribution in [2.75, 3.05) is 0 Å². The fraction of sp³-hybridized carbons (Fsp3) is 0.467. The fourth-order valence-electron chi connectivity index (χ4n) is 2.26. The molecule has 0 unspecified atom stereocenters. The Bertz CT molecular complexity index is 572. The van der Waals surface area contributed by atoms with Crippen molar-refractivity contribution in [3.8, 4) is 0 Å². The van der Waals surface area contributed by atoms with Gasteiger partial charge in [-0.25, -0.2) is 0 Å². The Balaban J connectivity index is 1.69. The van der Waals surface area contributed by atoms with Gasteiger partial charge in [0.15, 0.2) is 5.16 Å². The molecule has 1 saturated carbocycles. The van der Waals surface area contributed by atoms with Crippen LogP contribution in [0.1, 0.15) is 42.8 Å². The predicted octanol–water partition coefficient (Wildman–Crippen LogP) is 2.93. The number of aryl methyl sites for hydroxylation is 1. The summed E-state index contributed by atoms with van der Waals surface area (Å²) in [6.45, 7) is 2.64. The minimum Gasteiger partial charge on any atom is -0.324 e. The smallest absolute Gasteiger partial charge is 0.191 e. The Morgan fingerprint density at radius 1 is 1.20 bits per heavy atom. The number of hydrogen-bond acceptors (Lipinski definition) is 4. The summed E-state index contributed by atoms with van der Waals surface area (Å²) < 4.78 is 2.23. The molecule has 1 fully saturated rings. The van der Waals surface area contributed by atoms with Crippen molar-refractivity contribution in [2.45, 2.75) is 49.7 Å². The zero-order valence-corrected chi connectivity index (χ0v) is 12.6. The Morgan fingerprint density at radius 2 is 1.90 bits per heavy atom. The van der Waals surface area contributed by atoms with Gasteiger partial charge in [-0.3, -0.25) is 0 Å². The number of thioether (sulfide) groups is 1. The Labute approximate surface area is 123 Å². The number of nitrogens with two attached hydrogens (primary N) is 1. The first-order chi connectivity index (χ1) is 9.81. The summed E-state index contributed by atoms with van der Waals surface area (Å²) in [5.74, 6) is 1.84. The summed E-state index contributed by atoms with van der Waals surface area (Å²) in [5.41, 5.74) is 8.44. The molecule has 0 bridgehead atoms. The van der Waals surface area contributed by atoms with Crippen LogP contribution in [0.15, 0.2) is 29.4 Å². The van der Waals surface area contributed by atoms with Crippen molar-refractivity contribution in [3.05, 3.63) is 41.2 Å². The molecule has 1 aliphatic carbocycles. The molecule has 0 atom stereocenters. The highest BCUT2D eigenvalue weighted by Gasteiger charge is 2.29. The number of rotatable bonds is 6. The highest BCUT2D eigenvalue weighted by atomic mass is 32.2. The summed E-state index contributed by atoms with van der Waals surface area (Å²) in [4.78, 5) is 0. The third-order valence-corrected chi connectivity index (χ3v) is 4.64. The van der Waals surface area contributed by atoms with Crippen molar-refractivity contribution in [1.82, 2.24) is 14.8 Å². The van der Waals surface area contributed by atoms with Gasteiger partial charge in [-0.15, -0.1) is 10.2 Å². The highest BCUT2D eigenvalue weighted by molar-refractivity contribution is 7.98. The normalized spacial score (nSPS) is 14.7. The van der Waals surface area contributed by atoms with E-state index in [-0.39, 0.29) is 0 Å². The molecule has 0 saturated heterocycles. The van der Waals surface area contributed by atoms with E-state index < -0.39 is 0 Å². The monoisotopic (exact) mass is 288 g/mol. The molecule has 0 spiro atoms. The first-order valence-electron chi connectivity index (χ1n) is 7.16. The fourth-order valence-corrected chi connectivity index (χ4v) is 3.24. The maximum atomic E-state index is 5.74. The van der Waals surface area contributed by atoms with Crippen molar-refractivity contribution >= 4 is 11.8 Å². The van der Waals surface area contributed by atoms with Gasteiger partial charge in [-0.1, -0.05) is 43.0 Å². The minimum absolute atomic E-state index is 0.468. The number of benzene rings is 1. The molecule has 1 aromatic heterocycles. The molecule has 0 amide bonds. The second-order valence-electron chi connectivity index (χ2n) is 5.16. The van der Waals surface area contributed by atoms with Crippen LogP contribution in [0.2, 0.25) is 0 Å². The van der Waals surface area contributed by atoms with E-state index in [1.807, 2.05) is 0 Å². The van der Waals surface area contributed by atoms with Gasteiger partial charge in [0, 0.05) is 11.8 Å². The van der Waals surface area contributed by atoms with Crippen molar-refractivity contribution in [3.63, 3.8) is 0 Å². The molecule has 106 valence electrons. The molecule has 0 aliphatic heterocycles. The maximum Gasteiger partial charge on any atom is 0.191 e. The largest absolute Gasteiger partial charge is 0.324 e. The molecule has 20 heavy (non-hydrogen) atoms. The topological polar surface area (TPSA) is 56.7 Å². The summed E-state index contributed by atoms with van der Waals surface area (Å²) in [5, 5.41) is 9.50. The molecule has 1 heterocycles. The SMILES string of the molecule is CCc1ccc(CSc2nnc(CN)n2C2CC2)cc1. The molecular weight excluding hydrogens is 268 g/mol. The van der Waals surface area contributed by atoms with Gasteiger partial charge in [0.25, 0.3) is 0 Å². The van der Waals surface area contributed by atoms with E-state index in [9.17, 15) is 0 Å². The van der Waals surface area contributed by atoms with Crippen molar-refractivity contribution in [2.24, 2.45) is 5.73 Å². The van der Waals surface area contributed by atoms with Crippen LogP contribution < -0.4 is 5.73 Å². The third-order valence-electron chi connectivity index (χ3n) is 3.63. The number of hydrogen-bond donors (Lipinski definition) is 1. The molecule has 4 nitrogen and oxygen atoms in total. The molecule has 3 rings (SSSR count). The summed E-state index contributed by atoms with van der Waals surface area (Å²) in [6.07, 6.45) is 3.54. The highest BCUT2D eigenvalue weighted by Crippen LogP contribution is 2.39. The van der Waals surface area contributed by atoms with Gasteiger partial charge in [0.2, 0.25) is 0 Å². The van der Waals surface area contributed by atoms with Crippen LogP contribution >= 0.6 is 11.8 Å². The molecule has 2 aromatic rings. The van der Waals surface area contributed by atoms with Gasteiger partial charge < -0.3 is 10.3 Å². The van der Waals surface area contributed by atoms with Gasteiger partial charge in [-0.2, -0.15) is 0 Å². The Morgan fingerprint density at radius 3 is 2.50 bits per heavy atom. The zero-order chi connectivity index (χ0) is 13.9. The average molecular weight is 288 g/mol. The lowest BCUT2D eigenvalue weighted by atomic mass is 10.1. The van der Waals surface area contributed by atoms with Gasteiger partial charge in [0.05, 0.1) is 6.54 Å². The van der Waals surface area contributed by atoms with E-state index in [1.165, 1.54) is 24.0 Å². The first kappa shape index (κ1) is 13.6. The van der Waals surface area contributed by atoms with E-state index in [0.29, 0.717) is 12.6 Å². The second kappa shape index (κ2) is 5.97. The first-order valence-corrected chi connectivity index (χ1v) is 8.14. The third kappa shape index (κ3) is 2.88. The molecular formula is C15H20N4S. The lowest BCUT2D eigenvalue weighted by Gasteiger charge is -2.07. The summed E-state index contributed by atoms with van der Waals surface area (Å²) >= 11 is 1.75. The quantitative estimate of drug-likeness (QED) is 0.830. The van der Waals surface area contributed by atoms with E-state index >= 15 is 0 Å². The van der Waals surface area contributed by atoms with Crippen molar-refractivity contribution < 1.29 is 0 Å². The van der Waals surface area contributed by atoms with Gasteiger partial charge >= 0.3 is 0 Å². The van der Waals surface area contributed by atoms with E-state index in [0.717, 1.165) is 23.2 Å². The Kier molecular flexibility index (Phi) is 4.08. The van der Waals surface area contributed by atoms with Crippen LogP contribution in [0.4, 0.5) is 0 Å². The summed E-state index contributed by atoms with van der Waals surface area (Å²) in [6, 6.07) is 9.38. The molecule has 5 heteroatoms. The van der Waals surface area contributed by atoms with E-state index in [4.69, 9.17) is 5.73 Å². The molecule has 2 N–H and O–H groups in total. The number of nitrogens with zero attached hydrogens (tertiary/aromatic N) is 3. The minimum atomic E-state index is 0.468. The second-order valence-corrected chi connectivity index (χ2v) is 6.11. The van der Waals surface area contributed by atoms with E-state index in [2.05, 4.69) is 46.0 Å². The van der Waals surface area contributed by atoms with Crippen LogP contribution in [-0.4, -0.2) is 14.8 Å². The zero-order valence-electron chi connectivity index (χ0n) is 11.7. The summed E-state index contributed by atoms with van der Waals surface area (Å²) in [7, 11) is 0. The standard InChI is InChI=1S/C15H20N4S/c1-2-11-3-5-12(6-4-11)10-20-15-18-17-14(9-16)19(15)13-7-8-13/h3-6,13H,2,7-10,16H2,1H3. The molecule has 0 radical (unpaired) electrons. The lowest BCUT2D eigenvalue weighted by Crippen LogP contribution is -2.08. The number of aromatic nitrogens is 3. The van der Waals surface area contributed by atoms with Crippen LogP contribution in [0.5, 0.6) is 0 Å². The predicted molar refractivity (Wildman–Crippen MR) is 81.6 cm³/mol. The maximum absolute atomic E-state index is 5.74.